The lowest BCUT2D eigenvalue weighted by Gasteiger charge is -2.19. The zero-order valence-electron chi connectivity index (χ0n) is 17.1. The Morgan fingerprint density at radius 3 is 2.52 bits per heavy atom. The molecule has 1 aliphatic carbocycles. The Balaban J connectivity index is 1.48. The maximum Gasteiger partial charge on any atom is 0.335 e. The van der Waals surface area contributed by atoms with Crippen LogP contribution < -0.4 is 4.90 Å². The topological polar surface area (TPSA) is 57.6 Å². The van der Waals surface area contributed by atoms with Gasteiger partial charge in [-0.05, 0) is 65.3 Å². The molecule has 1 aliphatic heterocycles. The third kappa shape index (κ3) is 3.05. The largest absolute Gasteiger partial charge is 0.478 e. The molecule has 1 spiro atoms. The first kappa shape index (κ1) is 19.8. The van der Waals surface area contributed by atoms with Gasteiger partial charge in [-0.15, -0.1) is 0 Å². The number of hydrogen-bond donors (Lipinski definition) is 1. The van der Waals surface area contributed by atoms with E-state index in [0.29, 0.717) is 11.6 Å². The van der Waals surface area contributed by atoms with E-state index in [1.54, 1.807) is 18.2 Å². The van der Waals surface area contributed by atoms with Gasteiger partial charge in [-0.1, -0.05) is 61.0 Å². The molecule has 0 radical (unpaired) electrons. The lowest BCUT2D eigenvalue weighted by atomic mass is 9.91. The molecular weight excluding hydrogens is 410 g/mol. The predicted molar refractivity (Wildman–Crippen MR) is 121 cm³/mol. The highest BCUT2D eigenvalue weighted by Crippen LogP contribution is 2.66. The van der Waals surface area contributed by atoms with E-state index >= 15 is 0 Å². The SMILES string of the molecule is CC1C(Cc2ccc(Cl)cc2)C12C(=O)N(Cc1cccc(C(=O)O)c1)c1ccccc12. The van der Waals surface area contributed by atoms with Crippen LogP contribution in [0.2, 0.25) is 5.02 Å². The quantitative estimate of drug-likeness (QED) is 0.593. The van der Waals surface area contributed by atoms with Gasteiger partial charge in [0, 0.05) is 10.7 Å². The zero-order valence-corrected chi connectivity index (χ0v) is 17.8. The number of aromatic carboxylic acids is 1. The molecule has 3 atom stereocenters. The molecule has 1 heterocycles. The van der Waals surface area contributed by atoms with Gasteiger partial charge in [0.15, 0.2) is 0 Å². The number of anilines is 1. The Labute approximate surface area is 186 Å². The Hall–Kier alpha value is -3.11. The van der Waals surface area contributed by atoms with Crippen molar-refractivity contribution in [2.24, 2.45) is 11.8 Å². The first-order valence-corrected chi connectivity index (χ1v) is 10.8. The smallest absolute Gasteiger partial charge is 0.335 e. The van der Waals surface area contributed by atoms with E-state index in [-0.39, 0.29) is 23.3 Å². The number of carboxylic acid groups (broad SMARTS) is 1. The molecule has 0 bridgehead atoms. The van der Waals surface area contributed by atoms with Gasteiger partial charge in [0.05, 0.1) is 17.5 Å². The minimum atomic E-state index is -0.967. The summed E-state index contributed by atoms with van der Waals surface area (Å²) < 4.78 is 0. The van der Waals surface area contributed by atoms with Crippen LogP contribution in [0.4, 0.5) is 5.69 Å². The van der Waals surface area contributed by atoms with Crippen LogP contribution in [0.1, 0.15) is 34.0 Å². The van der Waals surface area contributed by atoms with Crippen LogP contribution in [0.25, 0.3) is 0 Å². The Bertz CT molecular complexity index is 1190. The Kier molecular flexibility index (Phi) is 4.63. The van der Waals surface area contributed by atoms with Crippen molar-refractivity contribution in [3.05, 3.63) is 100 Å². The highest BCUT2D eigenvalue weighted by atomic mass is 35.5. The monoisotopic (exact) mass is 431 g/mol. The number of para-hydroxylation sites is 1. The van der Waals surface area contributed by atoms with Crippen molar-refractivity contribution in [3.63, 3.8) is 0 Å². The molecule has 3 aromatic carbocycles. The fourth-order valence-electron chi connectivity index (χ4n) is 5.31. The van der Waals surface area contributed by atoms with Crippen LogP contribution in [-0.2, 0) is 23.2 Å². The summed E-state index contributed by atoms with van der Waals surface area (Å²) in [5.41, 5.74) is 3.71. The molecule has 4 nitrogen and oxygen atoms in total. The zero-order chi connectivity index (χ0) is 21.8. The number of benzene rings is 3. The molecule has 1 amide bonds. The summed E-state index contributed by atoms with van der Waals surface area (Å²) in [6.45, 7) is 2.52. The van der Waals surface area contributed by atoms with Crippen molar-refractivity contribution < 1.29 is 14.7 Å². The lowest BCUT2D eigenvalue weighted by Crippen LogP contribution is -2.33. The van der Waals surface area contributed by atoms with Gasteiger partial charge in [-0.25, -0.2) is 4.79 Å². The van der Waals surface area contributed by atoms with E-state index in [0.717, 1.165) is 23.2 Å². The summed E-state index contributed by atoms with van der Waals surface area (Å²) in [4.78, 5) is 27.0. The van der Waals surface area contributed by atoms with Crippen molar-refractivity contribution in [2.45, 2.75) is 25.3 Å². The van der Waals surface area contributed by atoms with Gasteiger partial charge in [0.2, 0.25) is 5.91 Å². The molecule has 2 aliphatic rings. The second-order valence-corrected chi connectivity index (χ2v) is 8.95. The summed E-state index contributed by atoms with van der Waals surface area (Å²) >= 11 is 6.03. The van der Waals surface area contributed by atoms with Gasteiger partial charge < -0.3 is 10.0 Å². The van der Waals surface area contributed by atoms with E-state index in [9.17, 15) is 14.7 Å². The molecule has 1 N–H and O–H groups in total. The molecule has 5 heteroatoms. The molecule has 0 aromatic heterocycles. The number of carbonyl (C=O) groups is 2. The summed E-state index contributed by atoms with van der Waals surface area (Å²) in [7, 11) is 0. The van der Waals surface area contributed by atoms with Gasteiger partial charge in [-0.3, -0.25) is 4.79 Å². The number of rotatable bonds is 5. The maximum absolute atomic E-state index is 13.8. The molecule has 1 saturated carbocycles. The third-order valence-electron chi connectivity index (χ3n) is 6.92. The minimum Gasteiger partial charge on any atom is -0.478 e. The average molecular weight is 432 g/mol. The standard InChI is InChI=1S/C26H22ClNO3/c1-16-22(14-17-9-11-20(27)12-10-17)26(16)21-7-2-3-8-23(21)28(25(26)31)15-18-5-4-6-19(13-18)24(29)30/h2-13,16,22H,14-15H2,1H3,(H,29,30). The van der Waals surface area contributed by atoms with Crippen LogP contribution in [0.5, 0.6) is 0 Å². The third-order valence-corrected chi connectivity index (χ3v) is 7.17. The first-order valence-electron chi connectivity index (χ1n) is 10.4. The van der Waals surface area contributed by atoms with Gasteiger partial charge in [0.25, 0.3) is 0 Å². The molecule has 3 unspecified atom stereocenters. The highest BCUT2D eigenvalue weighted by Gasteiger charge is 2.71. The first-order chi connectivity index (χ1) is 14.9. The van der Waals surface area contributed by atoms with E-state index < -0.39 is 11.4 Å². The Morgan fingerprint density at radius 2 is 1.77 bits per heavy atom. The maximum atomic E-state index is 13.8. The highest BCUT2D eigenvalue weighted by molar-refractivity contribution is 6.30. The van der Waals surface area contributed by atoms with Crippen LogP contribution >= 0.6 is 11.6 Å². The Morgan fingerprint density at radius 1 is 1.03 bits per heavy atom. The van der Waals surface area contributed by atoms with Crippen molar-refractivity contribution >= 4 is 29.2 Å². The number of halogens is 1. The van der Waals surface area contributed by atoms with E-state index in [4.69, 9.17) is 11.6 Å². The number of carboxylic acids is 1. The predicted octanol–water partition coefficient (Wildman–Crippen LogP) is 5.33. The van der Waals surface area contributed by atoms with Crippen molar-refractivity contribution in [1.82, 2.24) is 0 Å². The molecule has 3 aromatic rings. The van der Waals surface area contributed by atoms with Crippen molar-refractivity contribution in [2.75, 3.05) is 4.90 Å². The molecule has 5 rings (SSSR count). The summed E-state index contributed by atoms with van der Waals surface area (Å²) in [6.07, 6.45) is 0.820. The molecule has 156 valence electrons. The number of nitrogens with zero attached hydrogens (tertiary/aromatic N) is 1. The van der Waals surface area contributed by atoms with Gasteiger partial charge in [0.1, 0.15) is 0 Å². The van der Waals surface area contributed by atoms with E-state index in [1.807, 2.05) is 53.4 Å². The average Bonchev–Trinajstić information content (AvgIpc) is 3.27. The van der Waals surface area contributed by atoms with Gasteiger partial charge in [-0.2, -0.15) is 0 Å². The molecule has 0 saturated heterocycles. The molecular formula is C26H22ClNO3. The fourth-order valence-corrected chi connectivity index (χ4v) is 5.44. The van der Waals surface area contributed by atoms with Crippen molar-refractivity contribution in [1.29, 1.82) is 0 Å². The van der Waals surface area contributed by atoms with Crippen LogP contribution in [0.3, 0.4) is 0 Å². The second kappa shape index (κ2) is 7.24. The summed E-state index contributed by atoms with van der Waals surface area (Å²) in [6, 6.07) is 22.7. The summed E-state index contributed by atoms with van der Waals surface area (Å²) in [5, 5.41) is 10.0. The summed E-state index contributed by atoms with van der Waals surface area (Å²) in [5.74, 6) is -0.406. The van der Waals surface area contributed by atoms with Crippen LogP contribution in [0.15, 0.2) is 72.8 Å². The number of carbonyl (C=O) groups excluding carboxylic acids is 1. The number of hydrogen-bond acceptors (Lipinski definition) is 2. The normalized spacial score (nSPS) is 23.8. The van der Waals surface area contributed by atoms with E-state index in [2.05, 4.69) is 13.0 Å². The number of fused-ring (bicyclic) bond motifs is 2. The minimum absolute atomic E-state index is 0.112. The van der Waals surface area contributed by atoms with Gasteiger partial charge >= 0.3 is 5.97 Å². The lowest BCUT2D eigenvalue weighted by molar-refractivity contribution is -0.121. The molecule has 31 heavy (non-hydrogen) atoms. The fraction of sp³-hybridized carbons (Fsp3) is 0.231. The van der Waals surface area contributed by atoms with E-state index in [1.165, 1.54) is 5.56 Å². The number of amides is 1. The molecule has 1 fully saturated rings. The van der Waals surface area contributed by atoms with Crippen LogP contribution in [0, 0.1) is 11.8 Å². The second-order valence-electron chi connectivity index (χ2n) is 8.51. The van der Waals surface area contributed by atoms with Crippen LogP contribution in [-0.4, -0.2) is 17.0 Å². The van der Waals surface area contributed by atoms with Crippen molar-refractivity contribution in [3.8, 4) is 0 Å².